The summed E-state index contributed by atoms with van der Waals surface area (Å²) in [4.78, 5) is 2.84. The van der Waals surface area contributed by atoms with Crippen molar-refractivity contribution in [3.63, 3.8) is 0 Å². The molecule has 1 heterocycles. The van der Waals surface area contributed by atoms with Crippen LogP contribution in [0.2, 0.25) is 0 Å². The summed E-state index contributed by atoms with van der Waals surface area (Å²) in [7, 11) is 1.83. The molecule has 1 N–H and O–H groups in total. The summed E-state index contributed by atoms with van der Waals surface area (Å²) in [5.41, 5.74) is 1.58. The Morgan fingerprint density at radius 1 is 1.44 bits per heavy atom. The fourth-order valence-corrected chi connectivity index (χ4v) is 3.25. The number of ether oxygens (including phenoxy) is 1. The van der Waals surface area contributed by atoms with Crippen molar-refractivity contribution >= 4 is 11.3 Å². The van der Waals surface area contributed by atoms with Crippen molar-refractivity contribution in [2.45, 2.75) is 45.3 Å². The fourth-order valence-electron chi connectivity index (χ4n) is 2.31. The van der Waals surface area contributed by atoms with Crippen molar-refractivity contribution in [2.24, 2.45) is 0 Å². The van der Waals surface area contributed by atoms with E-state index >= 15 is 0 Å². The van der Waals surface area contributed by atoms with Crippen molar-refractivity contribution in [3.8, 4) is 0 Å². The predicted molar refractivity (Wildman–Crippen MR) is 69.1 cm³/mol. The van der Waals surface area contributed by atoms with Gasteiger partial charge in [-0.1, -0.05) is 0 Å². The van der Waals surface area contributed by atoms with E-state index in [4.69, 9.17) is 4.74 Å². The third-order valence-corrected chi connectivity index (χ3v) is 4.61. The first-order valence-corrected chi connectivity index (χ1v) is 6.79. The summed E-state index contributed by atoms with van der Waals surface area (Å²) in [5, 5.41) is 3.53. The normalized spacial score (nSPS) is 18.4. The van der Waals surface area contributed by atoms with Crippen LogP contribution in [0.25, 0.3) is 0 Å². The average Bonchev–Trinajstić information content (AvgIpc) is 2.50. The zero-order chi connectivity index (χ0) is 11.6. The van der Waals surface area contributed by atoms with Gasteiger partial charge in [0.05, 0.1) is 5.60 Å². The summed E-state index contributed by atoms with van der Waals surface area (Å²) >= 11 is 1.88. The molecule has 90 valence electrons. The van der Waals surface area contributed by atoms with Gasteiger partial charge in [0.15, 0.2) is 0 Å². The SMILES string of the molecule is COC1(CNCc2cc(C)sc2C)CCC1. The molecule has 1 aliphatic carbocycles. The highest BCUT2D eigenvalue weighted by atomic mass is 32.1. The summed E-state index contributed by atoms with van der Waals surface area (Å²) in [6.07, 6.45) is 3.72. The van der Waals surface area contributed by atoms with Gasteiger partial charge in [0, 0.05) is 30.0 Å². The molecule has 0 radical (unpaired) electrons. The molecule has 1 aromatic heterocycles. The van der Waals surface area contributed by atoms with E-state index in [9.17, 15) is 0 Å². The van der Waals surface area contributed by atoms with Gasteiger partial charge in [-0.05, 0) is 44.7 Å². The van der Waals surface area contributed by atoms with E-state index in [1.165, 1.54) is 34.6 Å². The highest BCUT2D eigenvalue weighted by Crippen LogP contribution is 2.34. The molecule has 0 aromatic carbocycles. The van der Waals surface area contributed by atoms with Crippen molar-refractivity contribution in [2.75, 3.05) is 13.7 Å². The quantitative estimate of drug-likeness (QED) is 0.853. The Bertz CT molecular complexity index is 349. The van der Waals surface area contributed by atoms with Gasteiger partial charge in [-0.25, -0.2) is 0 Å². The van der Waals surface area contributed by atoms with Gasteiger partial charge < -0.3 is 10.1 Å². The molecular formula is C13H21NOS. The molecule has 2 nitrogen and oxygen atoms in total. The monoisotopic (exact) mass is 239 g/mol. The van der Waals surface area contributed by atoms with Crippen molar-refractivity contribution in [3.05, 3.63) is 21.4 Å². The molecule has 1 aromatic rings. The number of nitrogens with one attached hydrogen (secondary N) is 1. The molecule has 1 saturated carbocycles. The molecule has 0 bridgehead atoms. The Morgan fingerprint density at radius 3 is 2.62 bits per heavy atom. The summed E-state index contributed by atoms with van der Waals surface area (Å²) in [5.74, 6) is 0. The highest BCUT2D eigenvalue weighted by Gasteiger charge is 2.36. The van der Waals surface area contributed by atoms with E-state index in [0.29, 0.717) is 0 Å². The van der Waals surface area contributed by atoms with Crippen LogP contribution in [-0.4, -0.2) is 19.3 Å². The average molecular weight is 239 g/mol. The van der Waals surface area contributed by atoms with Crippen LogP contribution in [0.5, 0.6) is 0 Å². The van der Waals surface area contributed by atoms with Crippen molar-refractivity contribution in [1.82, 2.24) is 5.32 Å². The number of hydrogen-bond acceptors (Lipinski definition) is 3. The Kier molecular flexibility index (Phi) is 3.67. The van der Waals surface area contributed by atoms with Crippen LogP contribution in [0.15, 0.2) is 6.07 Å². The molecule has 0 aliphatic heterocycles. The maximum atomic E-state index is 5.59. The fraction of sp³-hybridized carbons (Fsp3) is 0.692. The van der Waals surface area contributed by atoms with E-state index in [2.05, 4.69) is 25.2 Å². The molecule has 3 heteroatoms. The number of aryl methyl sites for hydroxylation is 2. The van der Waals surface area contributed by atoms with Crippen LogP contribution in [0, 0.1) is 13.8 Å². The number of hydrogen-bond donors (Lipinski definition) is 1. The van der Waals surface area contributed by atoms with Gasteiger partial charge in [-0.15, -0.1) is 11.3 Å². The molecule has 1 aliphatic rings. The maximum Gasteiger partial charge on any atom is 0.0802 e. The minimum absolute atomic E-state index is 0.138. The minimum atomic E-state index is 0.138. The van der Waals surface area contributed by atoms with Crippen LogP contribution < -0.4 is 5.32 Å². The number of methoxy groups -OCH3 is 1. The van der Waals surface area contributed by atoms with E-state index in [1.54, 1.807) is 0 Å². The Morgan fingerprint density at radius 2 is 2.19 bits per heavy atom. The van der Waals surface area contributed by atoms with Crippen LogP contribution in [0.4, 0.5) is 0 Å². The second kappa shape index (κ2) is 4.86. The second-order valence-electron chi connectivity index (χ2n) is 4.78. The summed E-state index contributed by atoms with van der Waals surface area (Å²) < 4.78 is 5.59. The Balaban J connectivity index is 1.81. The van der Waals surface area contributed by atoms with Gasteiger partial charge in [0.1, 0.15) is 0 Å². The zero-order valence-corrected chi connectivity index (χ0v) is 11.2. The van der Waals surface area contributed by atoms with Gasteiger partial charge in [-0.3, -0.25) is 0 Å². The van der Waals surface area contributed by atoms with E-state index < -0.39 is 0 Å². The van der Waals surface area contributed by atoms with Crippen LogP contribution in [0.1, 0.15) is 34.6 Å². The Labute approximate surface area is 102 Å². The molecule has 1 fully saturated rings. The molecule has 2 rings (SSSR count). The second-order valence-corrected chi connectivity index (χ2v) is 6.24. The van der Waals surface area contributed by atoms with Crippen LogP contribution in [-0.2, 0) is 11.3 Å². The predicted octanol–water partition coefficient (Wildman–Crippen LogP) is 3.02. The molecule has 0 spiro atoms. The zero-order valence-electron chi connectivity index (χ0n) is 10.4. The first-order chi connectivity index (χ1) is 7.65. The summed E-state index contributed by atoms with van der Waals surface area (Å²) in [6.45, 7) is 6.33. The van der Waals surface area contributed by atoms with Crippen molar-refractivity contribution in [1.29, 1.82) is 0 Å². The highest BCUT2D eigenvalue weighted by molar-refractivity contribution is 7.12. The van der Waals surface area contributed by atoms with E-state index in [1.807, 2.05) is 18.4 Å². The van der Waals surface area contributed by atoms with Gasteiger partial charge in [0.2, 0.25) is 0 Å². The first kappa shape index (κ1) is 12.1. The van der Waals surface area contributed by atoms with Crippen molar-refractivity contribution < 1.29 is 4.74 Å². The topological polar surface area (TPSA) is 21.3 Å². The lowest BCUT2D eigenvalue weighted by atomic mass is 9.80. The van der Waals surface area contributed by atoms with Gasteiger partial charge in [0.25, 0.3) is 0 Å². The molecule has 0 atom stereocenters. The largest absolute Gasteiger partial charge is 0.377 e. The molecular weight excluding hydrogens is 218 g/mol. The number of rotatable bonds is 5. The smallest absolute Gasteiger partial charge is 0.0802 e. The minimum Gasteiger partial charge on any atom is -0.377 e. The third kappa shape index (κ3) is 2.47. The van der Waals surface area contributed by atoms with Crippen LogP contribution in [0.3, 0.4) is 0 Å². The first-order valence-electron chi connectivity index (χ1n) is 5.97. The lowest BCUT2D eigenvalue weighted by Gasteiger charge is -2.40. The third-order valence-electron chi connectivity index (χ3n) is 3.60. The standard InChI is InChI=1S/C13H21NOS/c1-10-7-12(11(2)16-10)8-14-9-13(15-3)5-4-6-13/h7,14H,4-6,8-9H2,1-3H3. The molecule has 0 amide bonds. The molecule has 0 saturated heterocycles. The summed E-state index contributed by atoms with van der Waals surface area (Å²) in [6, 6.07) is 2.28. The molecule has 16 heavy (non-hydrogen) atoms. The van der Waals surface area contributed by atoms with Gasteiger partial charge >= 0.3 is 0 Å². The van der Waals surface area contributed by atoms with E-state index in [0.717, 1.165) is 13.1 Å². The Hall–Kier alpha value is -0.380. The number of thiophene rings is 1. The van der Waals surface area contributed by atoms with Crippen LogP contribution >= 0.6 is 11.3 Å². The molecule has 0 unspecified atom stereocenters. The lowest BCUT2D eigenvalue weighted by Crippen LogP contribution is -2.47. The maximum absolute atomic E-state index is 5.59. The lowest BCUT2D eigenvalue weighted by molar-refractivity contribution is -0.0695. The van der Waals surface area contributed by atoms with E-state index in [-0.39, 0.29) is 5.60 Å². The van der Waals surface area contributed by atoms with Gasteiger partial charge in [-0.2, -0.15) is 0 Å².